The topological polar surface area (TPSA) is 3.24 Å². The van der Waals surface area contributed by atoms with Gasteiger partial charge in [-0.25, -0.2) is 0 Å². The number of hydrogen-bond donors (Lipinski definition) is 0. The number of rotatable bonds is 4. The molecular formula is C12H18ClN. The lowest BCUT2D eigenvalue weighted by Gasteiger charge is -2.16. The molecule has 1 aromatic rings. The van der Waals surface area contributed by atoms with Crippen molar-refractivity contribution in [1.29, 1.82) is 0 Å². The molecule has 0 aromatic heterocycles. The lowest BCUT2D eigenvalue weighted by atomic mass is 10.1. The molecule has 14 heavy (non-hydrogen) atoms. The minimum absolute atomic E-state index is 0.696. The van der Waals surface area contributed by atoms with Crippen LogP contribution >= 0.6 is 11.6 Å². The summed E-state index contributed by atoms with van der Waals surface area (Å²) in [6, 6.07) is 6.58. The van der Waals surface area contributed by atoms with Gasteiger partial charge in [-0.05, 0) is 32.0 Å². The van der Waals surface area contributed by atoms with Crippen molar-refractivity contribution in [2.75, 3.05) is 19.5 Å². The Balaban J connectivity index is 2.70. The smallest absolute Gasteiger partial charge is 0.0351 e. The van der Waals surface area contributed by atoms with Crippen molar-refractivity contribution in [3.63, 3.8) is 0 Å². The third-order valence-corrected chi connectivity index (χ3v) is 2.58. The molecule has 0 aliphatic heterocycles. The Kier molecular flexibility index (Phi) is 4.43. The molecule has 0 saturated heterocycles. The van der Waals surface area contributed by atoms with E-state index in [1.165, 1.54) is 16.7 Å². The molecule has 0 saturated carbocycles. The molecule has 0 atom stereocenters. The van der Waals surface area contributed by atoms with E-state index in [1.54, 1.807) is 0 Å². The van der Waals surface area contributed by atoms with Crippen molar-refractivity contribution in [1.82, 2.24) is 4.90 Å². The lowest BCUT2D eigenvalue weighted by Crippen LogP contribution is -2.20. The first-order chi connectivity index (χ1) is 6.63. The molecule has 1 aromatic carbocycles. The van der Waals surface area contributed by atoms with Crippen LogP contribution in [0.1, 0.15) is 16.7 Å². The number of alkyl halides is 1. The zero-order valence-electron chi connectivity index (χ0n) is 9.18. The van der Waals surface area contributed by atoms with Crippen LogP contribution in [0.25, 0.3) is 0 Å². The normalized spacial score (nSPS) is 10.9. The van der Waals surface area contributed by atoms with Crippen molar-refractivity contribution in [3.05, 3.63) is 34.9 Å². The highest BCUT2D eigenvalue weighted by Gasteiger charge is 2.02. The van der Waals surface area contributed by atoms with Gasteiger partial charge in [0, 0.05) is 19.0 Å². The molecule has 0 bridgehead atoms. The van der Waals surface area contributed by atoms with Crippen LogP contribution in [0.3, 0.4) is 0 Å². The molecular weight excluding hydrogens is 194 g/mol. The standard InChI is InChI=1S/C12H18ClN/c1-10-4-5-11(2)12(8-10)9-14(3)7-6-13/h4-5,8H,6-7,9H2,1-3H3. The van der Waals surface area contributed by atoms with Gasteiger partial charge in [-0.2, -0.15) is 0 Å². The molecule has 78 valence electrons. The van der Waals surface area contributed by atoms with Crippen LogP contribution in [0, 0.1) is 13.8 Å². The van der Waals surface area contributed by atoms with Crippen LogP contribution < -0.4 is 0 Å². The zero-order chi connectivity index (χ0) is 10.6. The summed E-state index contributed by atoms with van der Waals surface area (Å²) >= 11 is 5.69. The second-order valence-electron chi connectivity index (χ2n) is 3.86. The Morgan fingerprint density at radius 2 is 2.00 bits per heavy atom. The Morgan fingerprint density at radius 3 is 2.64 bits per heavy atom. The average molecular weight is 212 g/mol. The van der Waals surface area contributed by atoms with E-state index >= 15 is 0 Å². The summed E-state index contributed by atoms with van der Waals surface area (Å²) in [6.45, 7) is 6.21. The van der Waals surface area contributed by atoms with Gasteiger partial charge in [-0.15, -0.1) is 11.6 Å². The predicted molar refractivity (Wildman–Crippen MR) is 63.0 cm³/mol. The van der Waals surface area contributed by atoms with E-state index in [4.69, 9.17) is 11.6 Å². The summed E-state index contributed by atoms with van der Waals surface area (Å²) in [5, 5.41) is 0. The number of aryl methyl sites for hydroxylation is 2. The van der Waals surface area contributed by atoms with E-state index in [1.807, 2.05) is 0 Å². The Labute approximate surface area is 91.7 Å². The molecule has 1 nitrogen and oxygen atoms in total. The second kappa shape index (κ2) is 5.38. The van der Waals surface area contributed by atoms with Gasteiger partial charge in [-0.1, -0.05) is 23.8 Å². The van der Waals surface area contributed by atoms with Crippen molar-refractivity contribution in [3.8, 4) is 0 Å². The molecule has 0 unspecified atom stereocenters. The van der Waals surface area contributed by atoms with Crippen molar-refractivity contribution >= 4 is 11.6 Å². The molecule has 0 amide bonds. The molecule has 0 spiro atoms. The summed E-state index contributed by atoms with van der Waals surface area (Å²) in [5.74, 6) is 0.696. The van der Waals surface area contributed by atoms with Gasteiger partial charge in [0.1, 0.15) is 0 Å². The van der Waals surface area contributed by atoms with Gasteiger partial charge in [0.2, 0.25) is 0 Å². The average Bonchev–Trinajstić information content (AvgIpc) is 2.12. The summed E-state index contributed by atoms with van der Waals surface area (Å²) in [5.41, 5.74) is 4.08. The number of hydrogen-bond acceptors (Lipinski definition) is 1. The van der Waals surface area contributed by atoms with Crippen molar-refractivity contribution in [2.45, 2.75) is 20.4 Å². The highest BCUT2D eigenvalue weighted by molar-refractivity contribution is 6.18. The number of benzene rings is 1. The molecule has 0 heterocycles. The van der Waals surface area contributed by atoms with Crippen LogP contribution in [0.5, 0.6) is 0 Å². The van der Waals surface area contributed by atoms with Gasteiger partial charge in [0.05, 0.1) is 0 Å². The van der Waals surface area contributed by atoms with Gasteiger partial charge in [-0.3, -0.25) is 0 Å². The van der Waals surface area contributed by atoms with Crippen LogP contribution in [0.4, 0.5) is 0 Å². The SMILES string of the molecule is Cc1ccc(C)c(CN(C)CCCl)c1. The van der Waals surface area contributed by atoms with Crippen LogP contribution in [0.2, 0.25) is 0 Å². The predicted octanol–water partition coefficient (Wildman–Crippen LogP) is 2.97. The highest BCUT2D eigenvalue weighted by Crippen LogP contribution is 2.12. The number of nitrogens with zero attached hydrogens (tertiary/aromatic N) is 1. The van der Waals surface area contributed by atoms with E-state index in [2.05, 4.69) is 44.0 Å². The Hall–Kier alpha value is -0.530. The first kappa shape index (κ1) is 11.5. The first-order valence-electron chi connectivity index (χ1n) is 4.94. The van der Waals surface area contributed by atoms with E-state index in [-0.39, 0.29) is 0 Å². The van der Waals surface area contributed by atoms with E-state index in [9.17, 15) is 0 Å². The summed E-state index contributed by atoms with van der Waals surface area (Å²) in [6.07, 6.45) is 0. The summed E-state index contributed by atoms with van der Waals surface area (Å²) < 4.78 is 0. The van der Waals surface area contributed by atoms with E-state index < -0.39 is 0 Å². The Bertz CT molecular complexity index is 296. The molecule has 0 fully saturated rings. The molecule has 2 heteroatoms. The first-order valence-corrected chi connectivity index (χ1v) is 5.47. The minimum atomic E-state index is 0.696. The van der Waals surface area contributed by atoms with Gasteiger partial charge in [0.25, 0.3) is 0 Å². The summed E-state index contributed by atoms with van der Waals surface area (Å²) in [7, 11) is 2.10. The van der Waals surface area contributed by atoms with Crippen LogP contribution in [-0.4, -0.2) is 24.4 Å². The Morgan fingerprint density at radius 1 is 1.29 bits per heavy atom. The lowest BCUT2D eigenvalue weighted by molar-refractivity contribution is 0.347. The fraction of sp³-hybridized carbons (Fsp3) is 0.500. The minimum Gasteiger partial charge on any atom is -0.301 e. The van der Waals surface area contributed by atoms with E-state index in [0.717, 1.165) is 13.1 Å². The van der Waals surface area contributed by atoms with E-state index in [0.29, 0.717) is 5.88 Å². The molecule has 0 aliphatic rings. The maximum atomic E-state index is 5.69. The van der Waals surface area contributed by atoms with Gasteiger partial charge < -0.3 is 4.90 Å². The third kappa shape index (κ3) is 3.32. The largest absolute Gasteiger partial charge is 0.301 e. The second-order valence-corrected chi connectivity index (χ2v) is 4.23. The quantitative estimate of drug-likeness (QED) is 0.693. The van der Waals surface area contributed by atoms with Gasteiger partial charge >= 0.3 is 0 Å². The van der Waals surface area contributed by atoms with Crippen LogP contribution in [0.15, 0.2) is 18.2 Å². The fourth-order valence-corrected chi connectivity index (χ4v) is 1.77. The van der Waals surface area contributed by atoms with Crippen LogP contribution in [-0.2, 0) is 6.54 Å². The zero-order valence-corrected chi connectivity index (χ0v) is 9.93. The maximum Gasteiger partial charge on any atom is 0.0351 e. The molecule has 0 radical (unpaired) electrons. The maximum absolute atomic E-state index is 5.69. The highest BCUT2D eigenvalue weighted by atomic mass is 35.5. The monoisotopic (exact) mass is 211 g/mol. The third-order valence-electron chi connectivity index (χ3n) is 2.41. The van der Waals surface area contributed by atoms with Crippen molar-refractivity contribution < 1.29 is 0 Å². The number of halogens is 1. The fourth-order valence-electron chi connectivity index (χ4n) is 1.48. The van der Waals surface area contributed by atoms with Gasteiger partial charge in [0.15, 0.2) is 0 Å². The molecule has 0 aliphatic carbocycles. The summed E-state index contributed by atoms with van der Waals surface area (Å²) in [4.78, 5) is 2.24. The molecule has 0 N–H and O–H groups in total. The van der Waals surface area contributed by atoms with Crippen molar-refractivity contribution in [2.24, 2.45) is 0 Å². The molecule has 1 rings (SSSR count).